The van der Waals surface area contributed by atoms with Gasteiger partial charge in [0.05, 0.1) is 0 Å². The molecular weight excluding hydrogens is 180 g/mol. The van der Waals surface area contributed by atoms with Gasteiger partial charge < -0.3 is 0 Å². The molecule has 0 atom stereocenters. The van der Waals surface area contributed by atoms with Crippen LogP contribution in [0.5, 0.6) is 0 Å². The molecule has 3 rings (SSSR count). The van der Waals surface area contributed by atoms with Gasteiger partial charge in [0.15, 0.2) is 0 Å². The van der Waals surface area contributed by atoms with Gasteiger partial charge in [0, 0.05) is 0 Å². The monoisotopic (exact) mass is 194 g/mol. The topological polar surface area (TPSA) is 0 Å². The molecule has 0 radical (unpaired) electrons. The van der Waals surface area contributed by atoms with Crippen LogP contribution in [0.3, 0.4) is 0 Å². The van der Waals surface area contributed by atoms with Crippen molar-refractivity contribution in [1.82, 2.24) is 0 Å². The first kappa shape index (κ1) is 8.72. The van der Waals surface area contributed by atoms with Gasteiger partial charge in [0.2, 0.25) is 0 Å². The number of rotatable bonds is 1. The third-order valence-electron chi connectivity index (χ3n) is 3.25. The van der Waals surface area contributed by atoms with Crippen LogP contribution in [0.2, 0.25) is 0 Å². The fourth-order valence-electron chi connectivity index (χ4n) is 2.12. The van der Waals surface area contributed by atoms with Gasteiger partial charge in [-0.15, -0.1) is 0 Å². The highest BCUT2D eigenvalue weighted by molar-refractivity contribution is 5.66. The van der Waals surface area contributed by atoms with Crippen molar-refractivity contribution in [3.05, 3.63) is 59.2 Å². The molecule has 1 aliphatic rings. The zero-order valence-corrected chi connectivity index (χ0v) is 8.96. The Hall–Kier alpha value is -1.56. The Kier molecular flexibility index (Phi) is 1.88. The molecule has 2 aromatic rings. The van der Waals surface area contributed by atoms with Crippen molar-refractivity contribution in [2.45, 2.75) is 19.8 Å². The summed E-state index contributed by atoms with van der Waals surface area (Å²) in [5.74, 6) is 0. The van der Waals surface area contributed by atoms with Crippen LogP contribution in [-0.4, -0.2) is 0 Å². The van der Waals surface area contributed by atoms with E-state index in [0.29, 0.717) is 0 Å². The Balaban J connectivity index is 2.05. The second-order valence-electron chi connectivity index (χ2n) is 4.35. The number of hydrogen-bond acceptors (Lipinski definition) is 0. The summed E-state index contributed by atoms with van der Waals surface area (Å²) in [4.78, 5) is 0. The van der Waals surface area contributed by atoms with E-state index in [1.54, 1.807) is 0 Å². The van der Waals surface area contributed by atoms with Crippen LogP contribution in [-0.2, 0) is 12.8 Å². The Morgan fingerprint density at radius 1 is 0.733 bits per heavy atom. The molecule has 0 saturated heterocycles. The van der Waals surface area contributed by atoms with Crippen molar-refractivity contribution in [3.63, 3.8) is 0 Å². The van der Waals surface area contributed by atoms with Crippen LogP contribution >= 0.6 is 0 Å². The summed E-state index contributed by atoms with van der Waals surface area (Å²) in [5, 5.41) is 0. The molecule has 0 aromatic heterocycles. The smallest absolute Gasteiger partial charge is 0.0181 e. The lowest BCUT2D eigenvalue weighted by atomic mass is 9.86. The Bertz CT molecular complexity index is 492. The van der Waals surface area contributed by atoms with Gasteiger partial charge in [0.25, 0.3) is 0 Å². The highest BCUT2D eigenvalue weighted by Crippen LogP contribution is 2.28. The first-order valence-electron chi connectivity index (χ1n) is 5.52. The number of fused-ring (bicyclic) bond motifs is 1. The lowest BCUT2D eigenvalue weighted by molar-refractivity contribution is 0.840. The van der Waals surface area contributed by atoms with E-state index >= 15 is 0 Å². The molecule has 0 heteroatoms. The maximum atomic E-state index is 2.34. The molecule has 15 heavy (non-hydrogen) atoms. The van der Waals surface area contributed by atoms with Crippen LogP contribution in [0.15, 0.2) is 42.5 Å². The van der Waals surface area contributed by atoms with Crippen molar-refractivity contribution in [2.75, 3.05) is 0 Å². The highest BCUT2D eigenvalue weighted by atomic mass is 14.2. The largest absolute Gasteiger partial charge is 0.0587 e. The minimum Gasteiger partial charge on any atom is -0.0587 e. The van der Waals surface area contributed by atoms with Crippen LogP contribution in [0.25, 0.3) is 11.1 Å². The van der Waals surface area contributed by atoms with E-state index < -0.39 is 0 Å². The molecule has 2 aromatic carbocycles. The zero-order chi connectivity index (χ0) is 10.3. The van der Waals surface area contributed by atoms with Gasteiger partial charge in [-0.3, -0.25) is 0 Å². The minimum absolute atomic E-state index is 1.26. The van der Waals surface area contributed by atoms with E-state index in [1.165, 1.54) is 40.7 Å². The molecule has 0 bridgehead atoms. The Labute approximate surface area is 90.6 Å². The third-order valence-corrected chi connectivity index (χ3v) is 3.25. The molecule has 74 valence electrons. The second-order valence-corrected chi connectivity index (χ2v) is 4.35. The average molecular weight is 194 g/mol. The minimum atomic E-state index is 1.26. The first-order chi connectivity index (χ1) is 7.33. The first-order valence-corrected chi connectivity index (χ1v) is 5.52. The van der Waals surface area contributed by atoms with E-state index in [1.807, 2.05) is 0 Å². The molecule has 0 heterocycles. The van der Waals surface area contributed by atoms with Gasteiger partial charge in [-0.05, 0) is 42.0 Å². The summed E-state index contributed by atoms with van der Waals surface area (Å²) in [6.45, 7) is 2.13. The van der Waals surface area contributed by atoms with Crippen LogP contribution < -0.4 is 0 Å². The quantitative estimate of drug-likeness (QED) is 0.648. The number of hydrogen-bond donors (Lipinski definition) is 0. The van der Waals surface area contributed by atoms with Crippen molar-refractivity contribution in [3.8, 4) is 11.1 Å². The predicted octanol–water partition coefficient (Wildman–Crippen LogP) is 3.76. The normalized spacial score (nSPS) is 13.1. The van der Waals surface area contributed by atoms with E-state index in [9.17, 15) is 0 Å². The van der Waals surface area contributed by atoms with Gasteiger partial charge in [-0.25, -0.2) is 0 Å². The maximum Gasteiger partial charge on any atom is -0.0181 e. The third kappa shape index (κ3) is 1.46. The zero-order valence-electron chi connectivity index (χ0n) is 8.96. The molecule has 0 fully saturated rings. The number of aryl methyl sites for hydroxylation is 3. The summed E-state index contributed by atoms with van der Waals surface area (Å²) in [6.07, 6.45) is 2.53. The lowest BCUT2D eigenvalue weighted by Crippen LogP contribution is -2.07. The molecule has 0 unspecified atom stereocenters. The van der Waals surface area contributed by atoms with Gasteiger partial charge in [0.1, 0.15) is 0 Å². The van der Waals surface area contributed by atoms with Crippen LogP contribution in [0.1, 0.15) is 16.7 Å². The molecular formula is C15H14. The standard InChI is InChI=1S/C15H14/c1-11-2-4-12(5-3-11)14-8-6-13-7-9-15(13)10-14/h2-6,8,10H,7,9H2,1H3. The van der Waals surface area contributed by atoms with Crippen LogP contribution in [0.4, 0.5) is 0 Å². The molecule has 0 saturated carbocycles. The van der Waals surface area contributed by atoms with Gasteiger partial charge >= 0.3 is 0 Å². The Morgan fingerprint density at radius 2 is 1.40 bits per heavy atom. The molecule has 0 aliphatic heterocycles. The van der Waals surface area contributed by atoms with Crippen molar-refractivity contribution < 1.29 is 0 Å². The summed E-state index contributed by atoms with van der Waals surface area (Å²) in [7, 11) is 0. The molecule has 0 amide bonds. The van der Waals surface area contributed by atoms with E-state index in [2.05, 4.69) is 49.4 Å². The van der Waals surface area contributed by atoms with E-state index in [-0.39, 0.29) is 0 Å². The fraction of sp³-hybridized carbons (Fsp3) is 0.200. The van der Waals surface area contributed by atoms with Crippen LogP contribution in [0, 0.1) is 6.92 Å². The number of benzene rings is 2. The summed E-state index contributed by atoms with van der Waals surface area (Å²) in [5.41, 5.74) is 7.07. The van der Waals surface area contributed by atoms with Crippen molar-refractivity contribution >= 4 is 0 Å². The molecule has 0 spiro atoms. The average Bonchev–Trinajstić information content (AvgIpc) is 2.22. The molecule has 0 N–H and O–H groups in total. The summed E-state index contributed by atoms with van der Waals surface area (Å²) >= 11 is 0. The van der Waals surface area contributed by atoms with Crippen molar-refractivity contribution in [2.24, 2.45) is 0 Å². The fourth-order valence-corrected chi connectivity index (χ4v) is 2.12. The second kappa shape index (κ2) is 3.23. The summed E-state index contributed by atoms with van der Waals surface area (Å²) < 4.78 is 0. The SMILES string of the molecule is Cc1ccc(-c2ccc3c(c2)CC3)cc1. The predicted molar refractivity (Wildman–Crippen MR) is 64.0 cm³/mol. The van der Waals surface area contributed by atoms with Gasteiger partial charge in [-0.2, -0.15) is 0 Å². The highest BCUT2D eigenvalue weighted by Gasteiger charge is 2.12. The van der Waals surface area contributed by atoms with E-state index in [4.69, 9.17) is 0 Å². The van der Waals surface area contributed by atoms with Crippen molar-refractivity contribution in [1.29, 1.82) is 0 Å². The maximum absolute atomic E-state index is 2.34. The van der Waals surface area contributed by atoms with Gasteiger partial charge in [-0.1, -0.05) is 48.0 Å². The summed E-state index contributed by atoms with van der Waals surface area (Å²) in [6, 6.07) is 15.6. The van der Waals surface area contributed by atoms with E-state index in [0.717, 1.165) is 0 Å². The lowest BCUT2D eigenvalue weighted by Gasteiger charge is -2.19. The Morgan fingerprint density at radius 3 is 2.00 bits per heavy atom. The molecule has 0 nitrogen and oxygen atoms in total. The molecule has 1 aliphatic carbocycles.